The van der Waals surface area contributed by atoms with Gasteiger partial charge in [-0.3, -0.25) is 4.79 Å². The zero-order valence-electron chi connectivity index (χ0n) is 8.29. The van der Waals surface area contributed by atoms with Crippen LogP contribution in [0, 0.1) is 6.92 Å². The SMILES string of the molecule is Cc1cc(=O)c2[nH]c3ccccc3c2[nH]1. The Hall–Kier alpha value is -2.03. The fraction of sp³-hybridized carbons (Fsp3) is 0.0833. The molecule has 3 nitrogen and oxygen atoms in total. The lowest BCUT2D eigenvalue weighted by Crippen LogP contribution is -2.01. The number of nitrogens with one attached hydrogen (secondary N) is 2. The number of rotatable bonds is 0. The molecule has 0 atom stereocenters. The Labute approximate surface area is 85.8 Å². The zero-order valence-corrected chi connectivity index (χ0v) is 8.29. The third kappa shape index (κ3) is 1.09. The summed E-state index contributed by atoms with van der Waals surface area (Å²) < 4.78 is 0. The number of para-hydroxylation sites is 1. The van der Waals surface area contributed by atoms with Crippen molar-refractivity contribution in [3.63, 3.8) is 0 Å². The van der Waals surface area contributed by atoms with Gasteiger partial charge < -0.3 is 9.97 Å². The number of H-pyrrole nitrogens is 2. The molecule has 0 unspecified atom stereocenters. The van der Waals surface area contributed by atoms with E-state index >= 15 is 0 Å². The highest BCUT2D eigenvalue weighted by atomic mass is 16.1. The second kappa shape index (κ2) is 2.73. The van der Waals surface area contributed by atoms with Crippen LogP contribution in [0.2, 0.25) is 0 Å². The van der Waals surface area contributed by atoms with E-state index in [0.717, 1.165) is 22.1 Å². The van der Waals surface area contributed by atoms with Gasteiger partial charge in [-0.15, -0.1) is 0 Å². The van der Waals surface area contributed by atoms with Crippen LogP contribution in [0.1, 0.15) is 5.69 Å². The topological polar surface area (TPSA) is 48.6 Å². The number of hydrogen-bond acceptors (Lipinski definition) is 1. The number of pyridine rings is 1. The van der Waals surface area contributed by atoms with Gasteiger partial charge in [0, 0.05) is 22.7 Å². The Morgan fingerprint density at radius 2 is 1.87 bits per heavy atom. The summed E-state index contributed by atoms with van der Waals surface area (Å²) in [6, 6.07) is 9.50. The molecular weight excluding hydrogens is 188 g/mol. The average molecular weight is 198 g/mol. The van der Waals surface area contributed by atoms with Crippen LogP contribution in [0.4, 0.5) is 0 Å². The predicted octanol–water partition coefficient (Wildman–Crippen LogP) is 2.32. The summed E-state index contributed by atoms with van der Waals surface area (Å²) >= 11 is 0. The fourth-order valence-corrected chi connectivity index (χ4v) is 1.96. The Bertz CT molecular complexity index is 706. The fourth-order valence-electron chi connectivity index (χ4n) is 1.96. The second-order valence-electron chi connectivity index (χ2n) is 3.74. The number of aromatic nitrogens is 2. The summed E-state index contributed by atoms with van der Waals surface area (Å²) in [5, 5.41) is 1.06. The van der Waals surface area contributed by atoms with Crippen molar-refractivity contribution in [2.75, 3.05) is 0 Å². The number of hydrogen-bond donors (Lipinski definition) is 2. The molecule has 0 fully saturated rings. The van der Waals surface area contributed by atoms with E-state index in [1.165, 1.54) is 0 Å². The lowest BCUT2D eigenvalue weighted by molar-refractivity contribution is 1.24. The lowest BCUT2D eigenvalue weighted by Gasteiger charge is -1.94. The van der Waals surface area contributed by atoms with E-state index in [1.54, 1.807) is 6.07 Å². The molecule has 3 rings (SSSR count). The van der Waals surface area contributed by atoms with Gasteiger partial charge in [0.25, 0.3) is 0 Å². The zero-order chi connectivity index (χ0) is 10.4. The van der Waals surface area contributed by atoms with Gasteiger partial charge in [-0.2, -0.15) is 0 Å². The molecule has 0 bridgehead atoms. The van der Waals surface area contributed by atoms with Crippen molar-refractivity contribution >= 4 is 21.9 Å². The maximum Gasteiger partial charge on any atom is 0.205 e. The molecule has 0 radical (unpaired) electrons. The number of aromatic amines is 2. The molecule has 2 aromatic heterocycles. The van der Waals surface area contributed by atoms with Crippen LogP contribution < -0.4 is 5.43 Å². The molecule has 1 aromatic carbocycles. The first kappa shape index (κ1) is 8.29. The largest absolute Gasteiger partial charge is 0.357 e. The van der Waals surface area contributed by atoms with Gasteiger partial charge in [-0.05, 0) is 13.0 Å². The monoisotopic (exact) mass is 198 g/mol. The Morgan fingerprint density at radius 3 is 2.73 bits per heavy atom. The van der Waals surface area contributed by atoms with Crippen molar-refractivity contribution < 1.29 is 0 Å². The van der Waals surface area contributed by atoms with Crippen LogP contribution in [0.25, 0.3) is 21.9 Å². The average Bonchev–Trinajstić information content (AvgIpc) is 2.57. The summed E-state index contributed by atoms with van der Waals surface area (Å²) in [6.45, 7) is 1.89. The summed E-state index contributed by atoms with van der Waals surface area (Å²) in [6.07, 6.45) is 0. The van der Waals surface area contributed by atoms with Crippen LogP contribution in [-0.4, -0.2) is 9.97 Å². The predicted molar refractivity (Wildman–Crippen MR) is 61.2 cm³/mol. The molecule has 3 aromatic rings. The molecule has 3 heteroatoms. The first-order valence-corrected chi connectivity index (χ1v) is 4.86. The van der Waals surface area contributed by atoms with Crippen molar-refractivity contribution in [3.8, 4) is 0 Å². The highest BCUT2D eigenvalue weighted by Crippen LogP contribution is 2.20. The molecule has 0 amide bonds. The lowest BCUT2D eigenvalue weighted by atomic mass is 10.2. The van der Waals surface area contributed by atoms with E-state index in [-0.39, 0.29) is 5.43 Å². The normalized spacial score (nSPS) is 11.3. The second-order valence-corrected chi connectivity index (χ2v) is 3.74. The molecule has 74 valence electrons. The molecule has 0 aliphatic carbocycles. The van der Waals surface area contributed by atoms with Gasteiger partial charge in [-0.1, -0.05) is 18.2 Å². The Kier molecular flexibility index (Phi) is 1.51. The van der Waals surface area contributed by atoms with Crippen LogP contribution in [0.5, 0.6) is 0 Å². The summed E-state index contributed by atoms with van der Waals surface area (Å²) in [4.78, 5) is 18.1. The minimum atomic E-state index is 0.0393. The smallest absolute Gasteiger partial charge is 0.205 e. The molecule has 0 saturated heterocycles. The van der Waals surface area contributed by atoms with Crippen LogP contribution in [0.3, 0.4) is 0 Å². The molecule has 0 aliphatic rings. The maximum atomic E-state index is 11.7. The molecule has 2 N–H and O–H groups in total. The number of fused-ring (bicyclic) bond motifs is 3. The third-order valence-electron chi connectivity index (χ3n) is 2.62. The third-order valence-corrected chi connectivity index (χ3v) is 2.62. The van der Waals surface area contributed by atoms with Gasteiger partial charge >= 0.3 is 0 Å². The van der Waals surface area contributed by atoms with Crippen molar-refractivity contribution in [1.29, 1.82) is 0 Å². The Morgan fingerprint density at radius 1 is 1.07 bits per heavy atom. The van der Waals surface area contributed by atoms with Gasteiger partial charge in [0.15, 0.2) is 0 Å². The van der Waals surface area contributed by atoms with Gasteiger partial charge in [0.2, 0.25) is 5.43 Å². The van der Waals surface area contributed by atoms with E-state index in [9.17, 15) is 4.79 Å². The van der Waals surface area contributed by atoms with Gasteiger partial charge in [0.05, 0.1) is 5.52 Å². The molecule has 2 heterocycles. The van der Waals surface area contributed by atoms with Gasteiger partial charge in [-0.25, -0.2) is 0 Å². The van der Waals surface area contributed by atoms with Crippen molar-refractivity contribution in [3.05, 3.63) is 46.2 Å². The van der Waals surface area contributed by atoms with E-state index in [1.807, 2.05) is 31.2 Å². The van der Waals surface area contributed by atoms with Crippen molar-refractivity contribution in [2.24, 2.45) is 0 Å². The van der Waals surface area contributed by atoms with E-state index in [0.29, 0.717) is 5.52 Å². The highest BCUT2D eigenvalue weighted by molar-refractivity contribution is 6.04. The summed E-state index contributed by atoms with van der Waals surface area (Å²) in [7, 11) is 0. The molecular formula is C12H10N2O. The first-order chi connectivity index (χ1) is 7.25. The van der Waals surface area contributed by atoms with Crippen molar-refractivity contribution in [2.45, 2.75) is 6.92 Å². The molecule has 15 heavy (non-hydrogen) atoms. The van der Waals surface area contributed by atoms with E-state index < -0.39 is 0 Å². The minimum absolute atomic E-state index is 0.0393. The van der Waals surface area contributed by atoms with Crippen molar-refractivity contribution in [1.82, 2.24) is 9.97 Å². The summed E-state index contributed by atoms with van der Waals surface area (Å²) in [5.74, 6) is 0. The summed E-state index contributed by atoms with van der Waals surface area (Å²) in [5.41, 5.74) is 3.47. The standard InChI is InChI=1S/C12H10N2O/c1-7-6-10(15)12-11(13-7)8-4-2-3-5-9(8)14-12/h2-6,14H,1H3,(H,13,15). The van der Waals surface area contributed by atoms with E-state index in [2.05, 4.69) is 9.97 Å². The first-order valence-electron chi connectivity index (χ1n) is 4.86. The molecule has 0 saturated carbocycles. The Balaban J connectivity index is 2.67. The molecule has 0 spiro atoms. The molecule has 0 aliphatic heterocycles. The maximum absolute atomic E-state index is 11.7. The minimum Gasteiger partial charge on any atom is -0.357 e. The number of benzene rings is 1. The van der Waals surface area contributed by atoms with Gasteiger partial charge in [0.1, 0.15) is 5.52 Å². The highest BCUT2D eigenvalue weighted by Gasteiger charge is 2.06. The number of aryl methyl sites for hydroxylation is 1. The van der Waals surface area contributed by atoms with Crippen LogP contribution in [0.15, 0.2) is 35.1 Å². The van der Waals surface area contributed by atoms with Crippen LogP contribution in [-0.2, 0) is 0 Å². The van der Waals surface area contributed by atoms with E-state index in [4.69, 9.17) is 0 Å². The van der Waals surface area contributed by atoms with Crippen LogP contribution >= 0.6 is 0 Å². The quantitative estimate of drug-likeness (QED) is 0.572.